The van der Waals surface area contributed by atoms with E-state index in [1.54, 1.807) is 31.4 Å². The third kappa shape index (κ3) is 4.36. The van der Waals surface area contributed by atoms with Crippen LogP contribution in [0.15, 0.2) is 48.5 Å². The number of nitro groups is 1. The van der Waals surface area contributed by atoms with Crippen molar-refractivity contribution >= 4 is 23.4 Å². The molecule has 0 bridgehead atoms. The Hall–Kier alpha value is -3.59. The van der Waals surface area contributed by atoms with E-state index in [-0.39, 0.29) is 23.2 Å². The zero-order chi connectivity index (χ0) is 21.7. The molecule has 0 spiro atoms. The summed E-state index contributed by atoms with van der Waals surface area (Å²) in [6.07, 6.45) is 0.619. The number of hydrogen-bond acceptors (Lipinski definition) is 6. The van der Waals surface area contributed by atoms with Gasteiger partial charge in [-0.15, -0.1) is 0 Å². The molecule has 3 amide bonds. The second-order valence-electron chi connectivity index (χ2n) is 6.81. The maximum atomic E-state index is 12.9. The number of nitrogens with one attached hydrogen (secondary N) is 1. The van der Waals surface area contributed by atoms with E-state index in [1.165, 1.54) is 24.3 Å². The molecule has 0 aliphatic carbocycles. The highest BCUT2D eigenvalue weighted by atomic mass is 16.6. The van der Waals surface area contributed by atoms with E-state index < -0.39 is 28.7 Å². The number of methoxy groups -OCH3 is 1. The predicted octanol–water partition coefficient (Wildman–Crippen LogP) is 1.95. The highest BCUT2D eigenvalue weighted by Crippen LogP contribution is 2.26. The van der Waals surface area contributed by atoms with Crippen LogP contribution in [-0.4, -0.2) is 53.8 Å². The van der Waals surface area contributed by atoms with Crippen LogP contribution < -0.4 is 5.32 Å². The Kier molecular flexibility index (Phi) is 6.53. The normalized spacial score (nSPS) is 13.8. The second kappa shape index (κ2) is 9.27. The van der Waals surface area contributed by atoms with E-state index in [9.17, 15) is 24.5 Å². The summed E-state index contributed by atoms with van der Waals surface area (Å²) >= 11 is 0. The molecule has 0 aromatic heterocycles. The summed E-state index contributed by atoms with van der Waals surface area (Å²) in [5.74, 6) is -1.54. The summed E-state index contributed by atoms with van der Waals surface area (Å²) in [6, 6.07) is 11.0. The fourth-order valence-electron chi connectivity index (χ4n) is 3.32. The molecule has 0 radical (unpaired) electrons. The maximum absolute atomic E-state index is 12.9. The molecule has 9 nitrogen and oxygen atoms in total. The number of benzene rings is 2. The smallest absolute Gasteiger partial charge is 0.269 e. The van der Waals surface area contributed by atoms with Crippen molar-refractivity contribution in [1.29, 1.82) is 0 Å². The topological polar surface area (TPSA) is 119 Å². The first kappa shape index (κ1) is 21.1. The van der Waals surface area contributed by atoms with Crippen LogP contribution in [-0.2, 0) is 16.0 Å². The number of nitro benzene ring substituents is 1. The number of ether oxygens (including phenoxy) is 1. The van der Waals surface area contributed by atoms with Gasteiger partial charge in [-0.25, -0.2) is 0 Å². The van der Waals surface area contributed by atoms with Crippen LogP contribution in [0.3, 0.4) is 0 Å². The lowest BCUT2D eigenvalue weighted by Gasteiger charge is -2.25. The van der Waals surface area contributed by atoms with Gasteiger partial charge in [-0.1, -0.05) is 24.3 Å². The van der Waals surface area contributed by atoms with E-state index in [1.807, 2.05) is 0 Å². The maximum Gasteiger partial charge on any atom is 0.269 e. The Labute approximate surface area is 172 Å². The minimum Gasteiger partial charge on any atom is -0.385 e. The number of rotatable bonds is 9. The van der Waals surface area contributed by atoms with Gasteiger partial charge in [-0.05, 0) is 24.1 Å². The van der Waals surface area contributed by atoms with Crippen molar-refractivity contribution in [1.82, 2.24) is 10.2 Å². The number of nitrogens with zero attached hydrogens (tertiary/aromatic N) is 2. The van der Waals surface area contributed by atoms with Crippen LogP contribution in [0.4, 0.5) is 5.69 Å². The standard InChI is InChI=1S/C21H21N3O6/c1-30-12-4-11-22-19(25)18(13-14-7-9-15(10-8-14)24(28)29)23-20(26)16-5-2-3-6-17(16)21(23)27/h2-3,5-10,18H,4,11-13H2,1H3,(H,22,25). The van der Waals surface area contributed by atoms with Gasteiger partial charge < -0.3 is 10.1 Å². The molecule has 1 heterocycles. The molecule has 30 heavy (non-hydrogen) atoms. The van der Waals surface area contributed by atoms with E-state index in [4.69, 9.17) is 4.74 Å². The Bertz CT molecular complexity index is 938. The molecule has 0 saturated heterocycles. The molecule has 1 atom stereocenters. The number of hydrogen-bond donors (Lipinski definition) is 1. The molecule has 1 aliphatic rings. The molecule has 156 valence electrons. The van der Waals surface area contributed by atoms with Crippen molar-refractivity contribution in [2.45, 2.75) is 18.9 Å². The van der Waals surface area contributed by atoms with Crippen molar-refractivity contribution in [2.24, 2.45) is 0 Å². The highest BCUT2D eigenvalue weighted by molar-refractivity contribution is 6.22. The Morgan fingerprint density at radius 1 is 1.10 bits per heavy atom. The van der Waals surface area contributed by atoms with Gasteiger partial charge in [0.1, 0.15) is 6.04 Å². The molecule has 3 rings (SSSR count). The number of carbonyl (C=O) groups is 3. The zero-order valence-corrected chi connectivity index (χ0v) is 16.4. The van der Waals surface area contributed by atoms with E-state index >= 15 is 0 Å². The average molecular weight is 411 g/mol. The summed E-state index contributed by atoms with van der Waals surface area (Å²) in [7, 11) is 1.55. The summed E-state index contributed by atoms with van der Waals surface area (Å²) < 4.78 is 4.96. The first-order valence-electron chi connectivity index (χ1n) is 9.41. The monoisotopic (exact) mass is 411 g/mol. The Balaban J connectivity index is 1.86. The van der Waals surface area contributed by atoms with Gasteiger partial charge in [0, 0.05) is 38.8 Å². The molecule has 0 saturated carbocycles. The first-order chi connectivity index (χ1) is 14.4. The predicted molar refractivity (Wildman–Crippen MR) is 107 cm³/mol. The van der Waals surface area contributed by atoms with Crippen LogP contribution >= 0.6 is 0 Å². The fourth-order valence-corrected chi connectivity index (χ4v) is 3.32. The van der Waals surface area contributed by atoms with Crippen molar-refractivity contribution in [2.75, 3.05) is 20.3 Å². The molecule has 0 fully saturated rings. The van der Waals surface area contributed by atoms with Gasteiger partial charge in [0.05, 0.1) is 16.1 Å². The molecule has 2 aromatic carbocycles. The third-order valence-electron chi connectivity index (χ3n) is 4.84. The number of non-ortho nitro benzene ring substituents is 1. The van der Waals surface area contributed by atoms with Crippen LogP contribution in [0, 0.1) is 10.1 Å². The van der Waals surface area contributed by atoms with Gasteiger partial charge in [0.15, 0.2) is 0 Å². The number of carbonyl (C=O) groups excluding carboxylic acids is 3. The Morgan fingerprint density at radius 3 is 2.23 bits per heavy atom. The van der Waals surface area contributed by atoms with Crippen LogP contribution in [0.2, 0.25) is 0 Å². The minimum atomic E-state index is -1.08. The molecule has 1 N–H and O–H groups in total. The van der Waals surface area contributed by atoms with Crippen LogP contribution in [0.1, 0.15) is 32.7 Å². The lowest BCUT2D eigenvalue weighted by molar-refractivity contribution is -0.384. The van der Waals surface area contributed by atoms with Crippen molar-refractivity contribution < 1.29 is 24.0 Å². The molecule has 2 aromatic rings. The molecule has 1 unspecified atom stereocenters. The highest BCUT2D eigenvalue weighted by Gasteiger charge is 2.42. The molecule has 9 heteroatoms. The lowest BCUT2D eigenvalue weighted by atomic mass is 10.0. The minimum absolute atomic E-state index is 0.0412. The van der Waals surface area contributed by atoms with Crippen LogP contribution in [0.5, 0.6) is 0 Å². The lowest BCUT2D eigenvalue weighted by Crippen LogP contribution is -2.51. The van der Waals surface area contributed by atoms with Gasteiger partial charge in [0.2, 0.25) is 5.91 Å². The quantitative estimate of drug-likeness (QED) is 0.292. The van der Waals surface area contributed by atoms with Gasteiger partial charge >= 0.3 is 0 Å². The Morgan fingerprint density at radius 2 is 1.70 bits per heavy atom. The SMILES string of the molecule is COCCCNC(=O)C(Cc1ccc([N+](=O)[O-])cc1)N1C(=O)c2ccccc2C1=O. The van der Waals surface area contributed by atoms with Crippen molar-refractivity contribution in [3.05, 3.63) is 75.3 Å². The zero-order valence-electron chi connectivity index (χ0n) is 16.4. The van der Waals surface area contributed by atoms with Crippen LogP contribution in [0.25, 0.3) is 0 Å². The van der Waals surface area contributed by atoms with Crippen molar-refractivity contribution in [3.63, 3.8) is 0 Å². The molecular weight excluding hydrogens is 390 g/mol. The summed E-state index contributed by atoms with van der Waals surface area (Å²) in [5, 5.41) is 13.6. The number of fused-ring (bicyclic) bond motifs is 1. The summed E-state index contributed by atoms with van der Waals surface area (Å²) in [5.41, 5.74) is 1.01. The second-order valence-corrected chi connectivity index (χ2v) is 6.81. The summed E-state index contributed by atoms with van der Waals surface area (Å²) in [6.45, 7) is 0.785. The van der Waals surface area contributed by atoms with Gasteiger partial charge in [0.25, 0.3) is 17.5 Å². The first-order valence-corrected chi connectivity index (χ1v) is 9.41. The van der Waals surface area contributed by atoms with Gasteiger partial charge in [-0.3, -0.25) is 29.4 Å². The fraction of sp³-hybridized carbons (Fsp3) is 0.286. The number of amides is 3. The van der Waals surface area contributed by atoms with E-state index in [0.717, 1.165) is 4.90 Å². The van der Waals surface area contributed by atoms with E-state index in [0.29, 0.717) is 25.1 Å². The van der Waals surface area contributed by atoms with Gasteiger partial charge in [-0.2, -0.15) is 0 Å². The van der Waals surface area contributed by atoms with Crippen molar-refractivity contribution in [3.8, 4) is 0 Å². The number of imide groups is 1. The average Bonchev–Trinajstić information content (AvgIpc) is 3.00. The summed E-state index contributed by atoms with van der Waals surface area (Å²) in [4.78, 5) is 50.0. The largest absolute Gasteiger partial charge is 0.385 e. The molecular formula is C21H21N3O6. The van der Waals surface area contributed by atoms with E-state index in [2.05, 4.69) is 5.32 Å². The third-order valence-corrected chi connectivity index (χ3v) is 4.84. The molecule has 1 aliphatic heterocycles.